The molecule has 2 aliphatic carbocycles. The van der Waals surface area contributed by atoms with Gasteiger partial charge in [-0.2, -0.15) is 5.10 Å². The number of carboxylic acids is 1. The zero-order chi connectivity index (χ0) is 25.8. The van der Waals surface area contributed by atoms with Gasteiger partial charge in [0.05, 0.1) is 34.7 Å². The van der Waals surface area contributed by atoms with Gasteiger partial charge in [-0.3, -0.25) is 14.6 Å². The summed E-state index contributed by atoms with van der Waals surface area (Å²) in [6.07, 6.45) is 6.87. The lowest BCUT2D eigenvalue weighted by Crippen LogP contribution is -2.43. The number of halogens is 1. The lowest BCUT2D eigenvalue weighted by atomic mass is 10.0. The maximum Gasteiger partial charge on any atom is 0.329 e. The molecule has 9 nitrogen and oxygen atoms in total. The minimum Gasteiger partial charge on any atom is -0.480 e. The van der Waals surface area contributed by atoms with Crippen molar-refractivity contribution in [2.45, 2.75) is 36.8 Å². The number of nitrogens with zero attached hydrogens (tertiary/aromatic N) is 3. The van der Waals surface area contributed by atoms with E-state index in [4.69, 9.17) is 0 Å². The zero-order valence-corrected chi connectivity index (χ0v) is 19.6. The SMILES string of the molecule is O=C(NC1(C(=O)O)CC1)c1cccc(C2(NC(=O)c3cncc4c3cnn4-c3ccc(F)cc3)CC2)c1. The van der Waals surface area contributed by atoms with Crippen molar-refractivity contribution in [2.24, 2.45) is 0 Å². The van der Waals surface area contributed by atoms with Crippen molar-refractivity contribution in [3.8, 4) is 5.69 Å². The highest BCUT2D eigenvalue weighted by atomic mass is 19.1. The first kappa shape index (κ1) is 22.8. The maximum atomic E-state index is 13.4. The van der Waals surface area contributed by atoms with Crippen LogP contribution in [-0.2, 0) is 10.3 Å². The molecule has 2 aromatic heterocycles. The summed E-state index contributed by atoms with van der Waals surface area (Å²) in [5, 5.41) is 20.1. The zero-order valence-electron chi connectivity index (χ0n) is 19.6. The summed E-state index contributed by atoms with van der Waals surface area (Å²) in [4.78, 5) is 41.8. The van der Waals surface area contributed by atoms with E-state index in [1.165, 1.54) is 18.3 Å². The first-order valence-corrected chi connectivity index (χ1v) is 11.9. The van der Waals surface area contributed by atoms with Crippen LogP contribution in [0.4, 0.5) is 4.39 Å². The third kappa shape index (κ3) is 4.00. The standard InChI is InChI=1S/C27H22FN5O4/c28-18-4-6-19(7-5-18)33-22-15-29-13-21(20(22)14-30-33)24(35)32-26(8-9-26)17-3-1-2-16(12-17)23(34)31-27(10-11-27)25(36)37/h1-7,12-15H,8-11H2,(H,31,34)(H,32,35)(H,36,37). The van der Waals surface area contributed by atoms with Crippen molar-refractivity contribution in [3.05, 3.63) is 89.6 Å². The number of pyridine rings is 1. The summed E-state index contributed by atoms with van der Waals surface area (Å²) in [5.74, 6) is -2.17. The van der Waals surface area contributed by atoms with E-state index in [-0.39, 0.29) is 11.7 Å². The van der Waals surface area contributed by atoms with Crippen LogP contribution in [0.5, 0.6) is 0 Å². The molecule has 2 amide bonds. The number of aromatic nitrogens is 3. The molecule has 4 aromatic rings. The summed E-state index contributed by atoms with van der Waals surface area (Å²) < 4.78 is 14.9. The topological polar surface area (TPSA) is 126 Å². The maximum absolute atomic E-state index is 13.4. The molecule has 37 heavy (non-hydrogen) atoms. The normalized spacial score (nSPS) is 16.7. The van der Waals surface area contributed by atoms with Crippen molar-refractivity contribution in [1.82, 2.24) is 25.4 Å². The summed E-state index contributed by atoms with van der Waals surface area (Å²) >= 11 is 0. The molecular weight excluding hydrogens is 477 g/mol. The highest BCUT2D eigenvalue weighted by molar-refractivity contribution is 6.06. The number of carbonyl (C=O) groups is 3. The van der Waals surface area contributed by atoms with Gasteiger partial charge in [0.15, 0.2) is 0 Å². The van der Waals surface area contributed by atoms with E-state index in [1.807, 2.05) is 6.07 Å². The largest absolute Gasteiger partial charge is 0.480 e. The molecule has 186 valence electrons. The molecular formula is C27H22FN5O4. The molecule has 2 fully saturated rings. The molecule has 2 aliphatic rings. The molecule has 0 radical (unpaired) electrons. The third-order valence-corrected chi connectivity index (χ3v) is 7.11. The molecule has 2 saturated carbocycles. The Hall–Kier alpha value is -4.60. The lowest BCUT2D eigenvalue weighted by Gasteiger charge is -2.19. The number of rotatable bonds is 7. The predicted octanol–water partition coefficient (Wildman–Crippen LogP) is 3.33. The minimum absolute atomic E-state index is 0.327. The van der Waals surface area contributed by atoms with E-state index in [9.17, 15) is 23.9 Å². The lowest BCUT2D eigenvalue weighted by molar-refractivity contribution is -0.140. The summed E-state index contributed by atoms with van der Waals surface area (Å²) in [6, 6.07) is 12.8. The first-order valence-electron chi connectivity index (χ1n) is 11.9. The molecule has 0 atom stereocenters. The van der Waals surface area contributed by atoms with Gasteiger partial charge >= 0.3 is 5.97 Å². The Labute approximate surface area is 210 Å². The van der Waals surface area contributed by atoms with E-state index < -0.39 is 23.0 Å². The highest BCUT2D eigenvalue weighted by Gasteiger charge is 2.52. The van der Waals surface area contributed by atoms with Crippen molar-refractivity contribution < 1.29 is 23.9 Å². The number of aliphatic carboxylic acids is 1. The smallest absolute Gasteiger partial charge is 0.329 e. The Morgan fingerprint density at radius 3 is 2.35 bits per heavy atom. The number of fused-ring (bicyclic) bond motifs is 1. The van der Waals surface area contributed by atoms with E-state index >= 15 is 0 Å². The Morgan fingerprint density at radius 1 is 0.919 bits per heavy atom. The van der Waals surface area contributed by atoms with Gasteiger partial charge in [0.1, 0.15) is 11.4 Å². The first-order chi connectivity index (χ1) is 17.8. The number of carbonyl (C=O) groups excluding carboxylic acids is 2. The summed E-state index contributed by atoms with van der Waals surface area (Å²) in [6.45, 7) is 0. The van der Waals surface area contributed by atoms with Crippen LogP contribution in [0.15, 0.2) is 67.1 Å². The van der Waals surface area contributed by atoms with Gasteiger partial charge in [-0.25, -0.2) is 13.9 Å². The van der Waals surface area contributed by atoms with Crippen molar-refractivity contribution in [2.75, 3.05) is 0 Å². The van der Waals surface area contributed by atoms with Crippen molar-refractivity contribution in [1.29, 1.82) is 0 Å². The van der Waals surface area contributed by atoms with E-state index in [0.717, 1.165) is 5.56 Å². The van der Waals surface area contributed by atoms with E-state index in [2.05, 4.69) is 20.7 Å². The van der Waals surface area contributed by atoms with Gasteiger partial charge in [-0.05, 0) is 67.6 Å². The molecule has 2 heterocycles. The molecule has 6 rings (SSSR count). The molecule has 0 bridgehead atoms. The Kier molecular flexibility index (Phi) is 5.08. The Balaban J connectivity index is 1.25. The fourth-order valence-corrected chi connectivity index (χ4v) is 4.57. The molecule has 0 saturated heterocycles. The van der Waals surface area contributed by atoms with Gasteiger partial charge in [-0.1, -0.05) is 12.1 Å². The average molecular weight is 500 g/mol. The highest BCUT2D eigenvalue weighted by Crippen LogP contribution is 2.46. The number of nitrogens with one attached hydrogen (secondary N) is 2. The number of hydrogen-bond acceptors (Lipinski definition) is 5. The number of amides is 2. The van der Waals surface area contributed by atoms with Crippen LogP contribution in [0.1, 0.15) is 52.0 Å². The average Bonchev–Trinajstić information content (AvgIpc) is 3.82. The summed E-state index contributed by atoms with van der Waals surface area (Å²) in [5.41, 5.74) is 0.902. The molecule has 3 N–H and O–H groups in total. The van der Waals surface area contributed by atoms with Crippen molar-refractivity contribution in [3.63, 3.8) is 0 Å². The number of carboxylic acid groups (broad SMARTS) is 1. The minimum atomic E-state index is -1.18. The van der Waals surface area contributed by atoms with Crippen LogP contribution in [0.25, 0.3) is 16.6 Å². The predicted molar refractivity (Wildman–Crippen MR) is 131 cm³/mol. The molecule has 0 unspecified atom stereocenters. The number of benzene rings is 2. The quantitative estimate of drug-likeness (QED) is 0.358. The van der Waals surface area contributed by atoms with Gasteiger partial charge in [-0.15, -0.1) is 0 Å². The second kappa shape index (κ2) is 8.22. The second-order valence-electron chi connectivity index (χ2n) is 9.61. The van der Waals surface area contributed by atoms with E-state index in [0.29, 0.717) is 53.4 Å². The van der Waals surface area contributed by atoms with E-state index in [1.54, 1.807) is 47.4 Å². The van der Waals surface area contributed by atoms with Crippen LogP contribution >= 0.6 is 0 Å². The van der Waals surface area contributed by atoms with Crippen LogP contribution in [-0.4, -0.2) is 43.2 Å². The molecule has 0 spiro atoms. The van der Waals surface area contributed by atoms with Gasteiger partial charge in [0.2, 0.25) is 0 Å². The van der Waals surface area contributed by atoms with Gasteiger partial charge in [0, 0.05) is 17.1 Å². The molecule has 0 aliphatic heterocycles. The molecule has 10 heteroatoms. The summed E-state index contributed by atoms with van der Waals surface area (Å²) in [7, 11) is 0. The van der Waals surface area contributed by atoms with Gasteiger partial charge < -0.3 is 15.7 Å². The van der Waals surface area contributed by atoms with Crippen LogP contribution < -0.4 is 10.6 Å². The van der Waals surface area contributed by atoms with Crippen molar-refractivity contribution >= 4 is 28.7 Å². The Bertz CT molecular complexity index is 1570. The number of hydrogen-bond donors (Lipinski definition) is 3. The Morgan fingerprint density at radius 2 is 1.68 bits per heavy atom. The monoisotopic (exact) mass is 499 g/mol. The second-order valence-corrected chi connectivity index (χ2v) is 9.61. The van der Waals surface area contributed by atoms with Crippen LogP contribution in [0.2, 0.25) is 0 Å². The van der Waals surface area contributed by atoms with Crippen LogP contribution in [0, 0.1) is 5.82 Å². The fraction of sp³-hybridized carbons (Fsp3) is 0.222. The van der Waals surface area contributed by atoms with Crippen LogP contribution in [0.3, 0.4) is 0 Å². The third-order valence-electron chi connectivity index (χ3n) is 7.11. The fourth-order valence-electron chi connectivity index (χ4n) is 4.57. The van der Waals surface area contributed by atoms with Gasteiger partial charge in [0.25, 0.3) is 11.8 Å². The molecule has 2 aromatic carbocycles.